The first-order chi connectivity index (χ1) is 14.0. The Morgan fingerprint density at radius 3 is 2.97 bits per heavy atom. The van der Waals surface area contributed by atoms with E-state index in [1.54, 1.807) is 6.20 Å². The van der Waals surface area contributed by atoms with Crippen molar-refractivity contribution in [2.75, 3.05) is 6.61 Å². The number of aryl methyl sites for hydroxylation is 1. The quantitative estimate of drug-likeness (QED) is 0.599. The molecule has 0 saturated carbocycles. The zero-order chi connectivity index (χ0) is 20.4. The van der Waals surface area contributed by atoms with Crippen molar-refractivity contribution in [3.8, 4) is 0 Å². The smallest absolute Gasteiger partial charge is 0.243 e. The zero-order valence-electron chi connectivity index (χ0n) is 16.0. The van der Waals surface area contributed by atoms with Gasteiger partial charge in [-0.2, -0.15) is 5.10 Å². The standard InChI is InChI=1S/C22H21BrN4O2/c1-14-3-2-4-19(25-14)21(26-27-17(13-28)6-8-22(27)29)11-15-9-10-24-20-12-16(23)5-7-18(15)20/h2-5,7,9-10,12,17,28H,6,8,11,13H2,1H3/b26-21-. The van der Waals surface area contributed by atoms with Gasteiger partial charge in [-0.1, -0.05) is 28.1 Å². The number of carbonyl (C=O) groups excluding carboxylic acids is 1. The number of benzene rings is 1. The number of amides is 1. The second-order valence-corrected chi connectivity index (χ2v) is 8.05. The van der Waals surface area contributed by atoms with Gasteiger partial charge in [-0.05, 0) is 49.2 Å². The Hall–Kier alpha value is -2.64. The van der Waals surface area contributed by atoms with Crippen molar-refractivity contribution < 1.29 is 9.90 Å². The van der Waals surface area contributed by atoms with E-state index in [0.29, 0.717) is 25.0 Å². The molecule has 1 aliphatic rings. The molecule has 1 saturated heterocycles. The summed E-state index contributed by atoms with van der Waals surface area (Å²) in [5, 5.41) is 16.8. The molecule has 1 amide bonds. The highest BCUT2D eigenvalue weighted by molar-refractivity contribution is 9.10. The molecule has 0 radical (unpaired) electrons. The molecule has 6 nitrogen and oxygen atoms in total. The molecular weight excluding hydrogens is 432 g/mol. The number of rotatable bonds is 5. The molecule has 1 atom stereocenters. The first kappa shape index (κ1) is 19.7. The van der Waals surface area contributed by atoms with Gasteiger partial charge in [-0.3, -0.25) is 14.8 Å². The summed E-state index contributed by atoms with van der Waals surface area (Å²) in [4.78, 5) is 21.4. The highest BCUT2D eigenvalue weighted by atomic mass is 79.9. The Morgan fingerprint density at radius 1 is 1.31 bits per heavy atom. The monoisotopic (exact) mass is 452 g/mol. The second kappa shape index (κ2) is 8.39. The van der Waals surface area contributed by atoms with Gasteiger partial charge in [0.25, 0.3) is 0 Å². The van der Waals surface area contributed by atoms with Gasteiger partial charge >= 0.3 is 0 Å². The van der Waals surface area contributed by atoms with Crippen LogP contribution in [0.2, 0.25) is 0 Å². The lowest BCUT2D eigenvalue weighted by atomic mass is 10.0. The summed E-state index contributed by atoms with van der Waals surface area (Å²) in [7, 11) is 0. The lowest BCUT2D eigenvalue weighted by Crippen LogP contribution is -2.32. The topological polar surface area (TPSA) is 78.7 Å². The number of hydrogen-bond acceptors (Lipinski definition) is 5. The summed E-state index contributed by atoms with van der Waals surface area (Å²) in [6.45, 7) is 1.83. The van der Waals surface area contributed by atoms with E-state index in [4.69, 9.17) is 0 Å². The van der Waals surface area contributed by atoms with Crippen LogP contribution in [0.15, 0.2) is 58.2 Å². The van der Waals surface area contributed by atoms with Crippen molar-refractivity contribution in [3.63, 3.8) is 0 Å². The molecule has 1 N–H and O–H groups in total. The van der Waals surface area contributed by atoms with Crippen molar-refractivity contribution in [2.45, 2.75) is 32.2 Å². The summed E-state index contributed by atoms with van der Waals surface area (Å²) in [5.74, 6) is -0.0716. The Labute approximate surface area is 177 Å². The maximum Gasteiger partial charge on any atom is 0.243 e. The predicted octanol–water partition coefficient (Wildman–Crippen LogP) is 3.63. The van der Waals surface area contributed by atoms with Crippen LogP contribution in [0.1, 0.15) is 29.8 Å². The zero-order valence-corrected chi connectivity index (χ0v) is 17.6. The van der Waals surface area contributed by atoms with E-state index in [9.17, 15) is 9.90 Å². The average Bonchev–Trinajstić information content (AvgIpc) is 3.07. The van der Waals surface area contributed by atoms with Crippen molar-refractivity contribution in [2.24, 2.45) is 5.10 Å². The molecule has 0 aliphatic carbocycles. The number of aliphatic hydroxyl groups is 1. The van der Waals surface area contributed by atoms with E-state index in [1.165, 1.54) is 5.01 Å². The summed E-state index contributed by atoms with van der Waals surface area (Å²) in [5.41, 5.74) is 4.24. The van der Waals surface area contributed by atoms with Gasteiger partial charge in [0.1, 0.15) is 0 Å². The van der Waals surface area contributed by atoms with E-state index < -0.39 is 0 Å². The van der Waals surface area contributed by atoms with Crippen LogP contribution in [0.5, 0.6) is 0 Å². The Bertz CT molecular complexity index is 1100. The van der Waals surface area contributed by atoms with Crippen LogP contribution in [0.3, 0.4) is 0 Å². The van der Waals surface area contributed by atoms with Crippen molar-refractivity contribution in [1.29, 1.82) is 0 Å². The molecule has 29 heavy (non-hydrogen) atoms. The fourth-order valence-corrected chi connectivity index (χ4v) is 3.91. The van der Waals surface area contributed by atoms with Crippen LogP contribution in [0.25, 0.3) is 10.9 Å². The van der Waals surface area contributed by atoms with E-state index in [0.717, 1.165) is 32.3 Å². The average molecular weight is 453 g/mol. The van der Waals surface area contributed by atoms with Gasteiger partial charge in [-0.15, -0.1) is 0 Å². The van der Waals surface area contributed by atoms with Gasteiger partial charge in [0, 0.05) is 34.6 Å². The number of fused-ring (bicyclic) bond motifs is 1. The van der Waals surface area contributed by atoms with E-state index in [2.05, 4.69) is 31.0 Å². The lowest BCUT2D eigenvalue weighted by Gasteiger charge is -2.20. The number of aromatic nitrogens is 2. The predicted molar refractivity (Wildman–Crippen MR) is 116 cm³/mol. The second-order valence-electron chi connectivity index (χ2n) is 7.13. The normalized spacial score (nSPS) is 17.3. The largest absolute Gasteiger partial charge is 0.394 e. The molecule has 1 fully saturated rings. The van der Waals surface area contributed by atoms with Crippen molar-refractivity contribution >= 4 is 38.5 Å². The molecule has 4 rings (SSSR count). The summed E-state index contributed by atoms with van der Waals surface area (Å²) >= 11 is 3.49. The molecule has 0 spiro atoms. The van der Waals surface area contributed by atoms with Crippen LogP contribution >= 0.6 is 15.9 Å². The number of hydrazone groups is 1. The maximum absolute atomic E-state index is 12.4. The molecule has 7 heteroatoms. The SMILES string of the molecule is Cc1cccc(/C(Cc2ccnc3cc(Br)ccc23)=N\N2C(=O)CCC2CO)n1. The van der Waals surface area contributed by atoms with Crippen LogP contribution in [0, 0.1) is 6.92 Å². The molecular formula is C22H21BrN4O2. The minimum Gasteiger partial charge on any atom is -0.394 e. The fourth-order valence-electron chi connectivity index (χ4n) is 3.56. The number of hydrogen-bond donors (Lipinski definition) is 1. The molecule has 148 valence electrons. The Kier molecular flexibility index (Phi) is 5.69. The van der Waals surface area contributed by atoms with Crippen LogP contribution < -0.4 is 0 Å². The Morgan fingerprint density at radius 2 is 2.17 bits per heavy atom. The highest BCUT2D eigenvalue weighted by Gasteiger charge is 2.31. The molecule has 1 aromatic carbocycles. The summed E-state index contributed by atoms with van der Waals surface area (Å²) < 4.78 is 0.970. The van der Waals surface area contributed by atoms with Gasteiger partial charge in [0.05, 0.1) is 29.6 Å². The molecule has 0 bridgehead atoms. The molecule has 1 unspecified atom stereocenters. The number of nitrogens with zero attached hydrogens (tertiary/aromatic N) is 4. The van der Waals surface area contributed by atoms with Crippen LogP contribution in [0.4, 0.5) is 0 Å². The fraction of sp³-hybridized carbons (Fsp3) is 0.273. The van der Waals surface area contributed by atoms with Gasteiger partial charge < -0.3 is 5.11 Å². The van der Waals surface area contributed by atoms with Gasteiger partial charge in [-0.25, -0.2) is 5.01 Å². The number of pyridine rings is 2. The van der Waals surface area contributed by atoms with E-state index in [-0.39, 0.29) is 18.6 Å². The van der Waals surface area contributed by atoms with Gasteiger partial charge in [0.2, 0.25) is 5.91 Å². The van der Waals surface area contributed by atoms with Gasteiger partial charge in [0.15, 0.2) is 0 Å². The first-order valence-electron chi connectivity index (χ1n) is 9.52. The minimum absolute atomic E-state index is 0.0716. The molecule has 3 aromatic rings. The third-order valence-electron chi connectivity index (χ3n) is 5.07. The van der Waals surface area contributed by atoms with E-state index >= 15 is 0 Å². The molecule has 3 heterocycles. The van der Waals surface area contributed by atoms with Crippen LogP contribution in [-0.2, 0) is 11.2 Å². The van der Waals surface area contributed by atoms with Crippen molar-refractivity contribution in [3.05, 3.63) is 70.1 Å². The lowest BCUT2D eigenvalue weighted by molar-refractivity contribution is -0.129. The third kappa shape index (κ3) is 4.21. The Balaban J connectivity index is 1.79. The maximum atomic E-state index is 12.4. The highest BCUT2D eigenvalue weighted by Crippen LogP contribution is 2.24. The number of carbonyl (C=O) groups is 1. The minimum atomic E-state index is -0.285. The van der Waals surface area contributed by atoms with Crippen molar-refractivity contribution in [1.82, 2.24) is 15.0 Å². The van der Waals surface area contributed by atoms with Crippen LogP contribution in [-0.4, -0.2) is 44.4 Å². The number of halogens is 1. The third-order valence-corrected chi connectivity index (χ3v) is 5.56. The summed E-state index contributed by atoms with van der Waals surface area (Å²) in [6.07, 6.45) is 3.29. The van der Waals surface area contributed by atoms with E-state index in [1.807, 2.05) is 49.4 Å². The first-order valence-corrected chi connectivity index (χ1v) is 10.3. The number of aliphatic hydroxyl groups excluding tert-OH is 1. The molecule has 1 aliphatic heterocycles. The molecule has 2 aromatic heterocycles. The summed E-state index contributed by atoms with van der Waals surface area (Å²) in [6, 6.07) is 13.4.